The molecule has 3 rings (SSSR count). The van der Waals surface area contributed by atoms with Crippen molar-refractivity contribution >= 4 is 11.6 Å². The summed E-state index contributed by atoms with van der Waals surface area (Å²) >= 11 is 0. The van der Waals surface area contributed by atoms with E-state index in [0.717, 1.165) is 0 Å². The topological polar surface area (TPSA) is 93.2 Å². The van der Waals surface area contributed by atoms with Crippen molar-refractivity contribution in [2.24, 2.45) is 0 Å². The van der Waals surface area contributed by atoms with Gasteiger partial charge in [-0.3, -0.25) is 4.79 Å². The quantitative estimate of drug-likeness (QED) is 0.749. The van der Waals surface area contributed by atoms with Crippen LogP contribution in [0.4, 0.5) is 10.1 Å². The fourth-order valence-corrected chi connectivity index (χ4v) is 2.17. The molecular weight excluding hydrogens is 315 g/mol. The van der Waals surface area contributed by atoms with Crippen molar-refractivity contribution in [2.75, 3.05) is 5.32 Å². The lowest BCUT2D eigenvalue weighted by atomic mass is 10.2. The van der Waals surface area contributed by atoms with Crippen LogP contribution in [0.1, 0.15) is 27.9 Å². The summed E-state index contributed by atoms with van der Waals surface area (Å²) in [5, 5.41) is 20.1. The van der Waals surface area contributed by atoms with Crippen molar-refractivity contribution in [3.05, 3.63) is 65.6 Å². The molecule has 7 nitrogen and oxygen atoms in total. The van der Waals surface area contributed by atoms with Crippen molar-refractivity contribution in [1.29, 1.82) is 0 Å². The number of carbonyl (C=O) groups excluding carboxylic acids is 1. The fourth-order valence-electron chi connectivity index (χ4n) is 2.17. The second-order valence-corrected chi connectivity index (χ2v) is 5.22. The van der Waals surface area contributed by atoms with E-state index >= 15 is 0 Å². The molecule has 1 atom stereocenters. The monoisotopic (exact) mass is 330 g/mol. The zero-order chi connectivity index (χ0) is 17.1. The van der Waals surface area contributed by atoms with E-state index in [-0.39, 0.29) is 12.2 Å². The number of rotatable bonds is 5. The highest BCUT2D eigenvalue weighted by Crippen LogP contribution is 2.18. The Balaban J connectivity index is 1.68. The summed E-state index contributed by atoms with van der Waals surface area (Å²) in [4.78, 5) is 12.2. The Morgan fingerprint density at radius 1 is 1.42 bits per heavy atom. The normalized spacial score (nSPS) is 12.1. The summed E-state index contributed by atoms with van der Waals surface area (Å²) in [5.41, 5.74) is 0.766. The first-order chi connectivity index (χ1) is 11.5. The molecule has 0 aliphatic heterocycles. The number of nitrogens with zero attached hydrogens (tertiary/aromatic N) is 3. The minimum Gasteiger partial charge on any atom is -0.467 e. The van der Waals surface area contributed by atoms with Crippen LogP contribution >= 0.6 is 0 Å². The molecule has 124 valence electrons. The van der Waals surface area contributed by atoms with Crippen LogP contribution in [0.3, 0.4) is 0 Å². The van der Waals surface area contributed by atoms with Gasteiger partial charge in [-0.15, -0.1) is 5.10 Å². The standard InChI is InChI=1S/C16H15FN4O3/c1-10-11(17)4-2-5-12(10)18-16(23)13-8-21(20-19-13)9-14(22)15-6-3-7-24-15/h2-8,14,22H,9H2,1H3,(H,18,23)/t14-/m0/s1. The van der Waals surface area contributed by atoms with Crippen molar-refractivity contribution in [1.82, 2.24) is 15.0 Å². The molecule has 3 aromatic rings. The lowest BCUT2D eigenvalue weighted by Crippen LogP contribution is -2.14. The Kier molecular flexibility index (Phi) is 4.39. The molecule has 0 saturated heterocycles. The highest BCUT2D eigenvalue weighted by Gasteiger charge is 2.16. The van der Waals surface area contributed by atoms with Crippen molar-refractivity contribution in [3.63, 3.8) is 0 Å². The van der Waals surface area contributed by atoms with Gasteiger partial charge in [0.25, 0.3) is 5.91 Å². The Labute approximate surface area is 136 Å². The molecule has 0 aliphatic rings. The summed E-state index contributed by atoms with van der Waals surface area (Å²) in [6.07, 6.45) is 1.96. The van der Waals surface area contributed by atoms with Gasteiger partial charge in [0, 0.05) is 11.3 Å². The second-order valence-electron chi connectivity index (χ2n) is 5.22. The summed E-state index contributed by atoms with van der Waals surface area (Å²) in [7, 11) is 0. The highest BCUT2D eigenvalue weighted by molar-refractivity contribution is 6.03. The largest absolute Gasteiger partial charge is 0.467 e. The lowest BCUT2D eigenvalue weighted by molar-refractivity contribution is 0.102. The molecule has 2 N–H and O–H groups in total. The van der Waals surface area contributed by atoms with E-state index in [0.29, 0.717) is 17.0 Å². The molecule has 0 fully saturated rings. The van der Waals surface area contributed by atoms with Gasteiger partial charge in [0.2, 0.25) is 0 Å². The first-order valence-electron chi connectivity index (χ1n) is 7.22. The SMILES string of the molecule is Cc1c(F)cccc1NC(=O)c1cn(C[C@H](O)c2ccco2)nn1. The van der Waals surface area contributed by atoms with Gasteiger partial charge < -0.3 is 14.8 Å². The molecule has 1 amide bonds. The highest BCUT2D eigenvalue weighted by atomic mass is 19.1. The Morgan fingerprint density at radius 3 is 3.00 bits per heavy atom. The van der Waals surface area contributed by atoms with Gasteiger partial charge in [0.1, 0.15) is 17.7 Å². The number of aliphatic hydroxyl groups is 1. The minimum atomic E-state index is -0.900. The van der Waals surface area contributed by atoms with Crippen LogP contribution in [0.2, 0.25) is 0 Å². The van der Waals surface area contributed by atoms with E-state index in [9.17, 15) is 14.3 Å². The Hall–Kier alpha value is -3.00. The van der Waals surface area contributed by atoms with Crippen LogP contribution in [0.15, 0.2) is 47.2 Å². The molecule has 0 unspecified atom stereocenters. The van der Waals surface area contributed by atoms with E-state index in [1.54, 1.807) is 25.1 Å². The predicted molar refractivity (Wildman–Crippen MR) is 82.8 cm³/mol. The summed E-state index contributed by atoms with van der Waals surface area (Å²) in [6.45, 7) is 1.66. The third kappa shape index (κ3) is 3.33. The molecular formula is C16H15FN4O3. The van der Waals surface area contributed by atoms with Crippen LogP contribution in [0.5, 0.6) is 0 Å². The first-order valence-corrected chi connectivity index (χ1v) is 7.22. The molecule has 24 heavy (non-hydrogen) atoms. The number of anilines is 1. The number of aromatic nitrogens is 3. The molecule has 1 aromatic carbocycles. The molecule has 0 bridgehead atoms. The molecule has 0 aliphatic carbocycles. The first kappa shape index (κ1) is 15.9. The maximum absolute atomic E-state index is 13.5. The lowest BCUT2D eigenvalue weighted by Gasteiger charge is -2.07. The fraction of sp³-hybridized carbons (Fsp3) is 0.188. The number of carbonyl (C=O) groups is 1. The van der Waals surface area contributed by atoms with Gasteiger partial charge in [0.05, 0.1) is 19.0 Å². The number of hydrogen-bond donors (Lipinski definition) is 2. The van der Waals surface area contributed by atoms with Crippen LogP contribution < -0.4 is 5.32 Å². The Morgan fingerprint density at radius 2 is 2.25 bits per heavy atom. The average molecular weight is 330 g/mol. The van der Waals surface area contributed by atoms with Gasteiger partial charge in [0.15, 0.2) is 5.69 Å². The van der Waals surface area contributed by atoms with E-state index in [1.165, 1.54) is 29.3 Å². The van der Waals surface area contributed by atoms with Gasteiger partial charge in [-0.2, -0.15) is 0 Å². The molecule has 0 spiro atoms. The average Bonchev–Trinajstić information content (AvgIpc) is 3.23. The molecule has 0 radical (unpaired) electrons. The summed E-state index contributed by atoms with van der Waals surface area (Å²) in [5.74, 6) is -0.521. The van der Waals surface area contributed by atoms with Crippen LogP contribution in [0.25, 0.3) is 0 Å². The number of amides is 1. The van der Waals surface area contributed by atoms with E-state index in [4.69, 9.17) is 4.42 Å². The smallest absolute Gasteiger partial charge is 0.277 e. The van der Waals surface area contributed by atoms with Crippen LogP contribution in [-0.4, -0.2) is 26.0 Å². The van der Waals surface area contributed by atoms with Crippen LogP contribution in [-0.2, 0) is 6.54 Å². The minimum absolute atomic E-state index is 0.0605. The van der Waals surface area contributed by atoms with E-state index in [1.807, 2.05) is 0 Å². The number of hydrogen-bond acceptors (Lipinski definition) is 5. The number of aliphatic hydroxyl groups excluding tert-OH is 1. The van der Waals surface area contributed by atoms with Gasteiger partial charge in [-0.05, 0) is 31.2 Å². The van der Waals surface area contributed by atoms with Crippen molar-refractivity contribution in [2.45, 2.75) is 19.6 Å². The van der Waals surface area contributed by atoms with E-state index in [2.05, 4.69) is 15.6 Å². The zero-order valence-corrected chi connectivity index (χ0v) is 12.8. The zero-order valence-electron chi connectivity index (χ0n) is 12.8. The van der Waals surface area contributed by atoms with Gasteiger partial charge in [-0.1, -0.05) is 11.3 Å². The number of nitrogens with one attached hydrogen (secondary N) is 1. The Bertz CT molecular complexity index is 845. The predicted octanol–water partition coefficient (Wildman–Crippen LogP) is 2.30. The van der Waals surface area contributed by atoms with Crippen molar-refractivity contribution < 1.29 is 18.7 Å². The van der Waals surface area contributed by atoms with Crippen molar-refractivity contribution in [3.8, 4) is 0 Å². The number of furan rings is 1. The maximum atomic E-state index is 13.5. The summed E-state index contributed by atoms with van der Waals surface area (Å²) < 4.78 is 19.9. The van der Waals surface area contributed by atoms with Gasteiger partial charge >= 0.3 is 0 Å². The maximum Gasteiger partial charge on any atom is 0.277 e. The number of halogens is 1. The summed E-state index contributed by atoms with van der Waals surface area (Å²) in [6, 6.07) is 7.73. The molecule has 2 heterocycles. The number of benzene rings is 1. The molecule has 0 saturated carbocycles. The third-order valence-electron chi connectivity index (χ3n) is 3.52. The molecule has 8 heteroatoms. The molecule has 2 aromatic heterocycles. The third-order valence-corrected chi connectivity index (χ3v) is 3.52. The van der Waals surface area contributed by atoms with Gasteiger partial charge in [-0.25, -0.2) is 9.07 Å². The van der Waals surface area contributed by atoms with Crippen LogP contribution in [0, 0.1) is 12.7 Å². The van der Waals surface area contributed by atoms with E-state index < -0.39 is 17.8 Å². The second kappa shape index (κ2) is 6.63.